The Labute approximate surface area is 115 Å². The molecule has 0 unspecified atom stereocenters. The van der Waals surface area contributed by atoms with Gasteiger partial charge in [0.1, 0.15) is 0 Å². The fourth-order valence-electron chi connectivity index (χ4n) is 2.83. The van der Waals surface area contributed by atoms with Gasteiger partial charge in [-0.1, -0.05) is 12.8 Å². The lowest BCUT2D eigenvalue weighted by molar-refractivity contribution is 0.346. The lowest BCUT2D eigenvalue weighted by Crippen LogP contribution is -2.49. The molecule has 0 radical (unpaired) electrons. The smallest absolute Gasteiger partial charge is 0.213 e. The fraction of sp³-hybridized carbons (Fsp3) is 1.00. The van der Waals surface area contributed by atoms with Gasteiger partial charge >= 0.3 is 0 Å². The Morgan fingerprint density at radius 3 is 2.21 bits per heavy atom. The van der Waals surface area contributed by atoms with E-state index < -0.39 is 25.3 Å². The SMILES string of the molecule is CS(=O)(=O)N1CCC[C@@H](S(=O)(=O)NC2CCCC2)C1. The van der Waals surface area contributed by atoms with E-state index in [1.54, 1.807) is 0 Å². The van der Waals surface area contributed by atoms with Gasteiger partial charge in [-0.15, -0.1) is 0 Å². The third-order valence-corrected chi connectivity index (χ3v) is 7.13. The maximum absolute atomic E-state index is 12.3. The van der Waals surface area contributed by atoms with E-state index in [-0.39, 0.29) is 12.6 Å². The Kier molecular flexibility index (Phi) is 4.54. The van der Waals surface area contributed by atoms with Crippen LogP contribution in [0.3, 0.4) is 0 Å². The second-order valence-electron chi connectivity index (χ2n) is 5.53. The van der Waals surface area contributed by atoms with Gasteiger partial charge in [0.2, 0.25) is 20.0 Å². The number of sulfonamides is 2. The minimum Gasteiger partial charge on any atom is -0.213 e. The highest BCUT2D eigenvalue weighted by Crippen LogP contribution is 2.22. The normalized spacial score (nSPS) is 27.7. The molecule has 0 spiro atoms. The largest absolute Gasteiger partial charge is 0.216 e. The summed E-state index contributed by atoms with van der Waals surface area (Å²) in [5, 5.41) is -0.614. The van der Waals surface area contributed by atoms with Crippen molar-refractivity contribution in [3.63, 3.8) is 0 Å². The first-order valence-corrected chi connectivity index (χ1v) is 10.1. The van der Waals surface area contributed by atoms with Crippen LogP contribution < -0.4 is 4.72 Å². The van der Waals surface area contributed by atoms with E-state index >= 15 is 0 Å². The van der Waals surface area contributed by atoms with E-state index in [2.05, 4.69) is 4.72 Å². The summed E-state index contributed by atoms with van der Waals surface area (Å²) in [7, 11) is -6.72. The molecule has 1 aliphatic carbocycles. The number of piperidine rings is 1. The highest BCUT2D eigenvalue weighted by molar-refractivity contribution is 7.90. The molecule has 0 aromatic heterocycles. The summed E-state index contributed by atoms with van der Waals surface area (Å²) >= 11 is 0. The minimum atomic E-state index is -3.42. The van der Waals surface area contributed by atoms with Crippen LogP contribution in [0.15, 0.2) is 0 Å². The molecule has 1 saturated carbocycles. The van der Waals surface area contributed by atoms with Crippen LogP contribution in [0, 0.1) is 0 Å². The molecule has 2 rings (SSSR count). The minimum absolute atomic E-state index is 0.0404. The second-order valence-corrected chi connectivity index (χ2v) is 9.50. The molecule has 1 saturated heterocycles. The lowest BCUT2D eigenvalue weighted by atomic mass is 10.2. The van der Waals surface area contributed by atoms with Crippen LogP contribution in [0.5, 0.6) is 0 Å². The Morgan fingerprint density at radius 2 is 1.63 bits per heavy atom. The van der Waals surface area contributed by atoms with Crippen molar-refractivity contribution in [2.45, 2.75) is 49.8 Å². The molecule has 8 heteroatoms. The molecule has 19 heavy (non-hydrogen) atoms. The van der Waals surface area contributed by atoms with Crippen molar-refractivity contribution in [3.8, 4) is 0 Å². The molecule has 1 atom stereocenters. The van der Waals surface area contributed by atoms with Gasteiger partial charge in [-0.3, -0.25) is 0 Å². The van der Waals surface area contributed by atoms with Crippen LogP contribution in [0.4, 0.5) is 0 Å². The van der Waals surface area contributed by atoms with Crippen molar-refractivity contribution < 1.29 is 16.8 Å². The zero-order chi connectivity index (χ0) is 14.1. The first kappa shape index (κ1) is 15.2. The predicted octanol–water partition coefficient (Wildman–Crippen LogP) is 0.272. The summed E-state index contributed by atoms with van der Waals surface area (Å²) < 4.78 is 51.6. The van der Waals surface area contributed by atoms with E-state index in [0.717, 1.165) is 31.9 Å². The Hall–Kier alpha value is -0.180. The molecule has 2 fully saturated rings. The van der Waals surface area contributed by atoms with Gasteiger partial charge < -0.3 is 0 Å². The van der Waals surface area contributed by atoms with Crippen molar-refractivity contribution in [2.75, 3.05) is 19.3 Å². The predicted molar refractivity (Wildman–Crippen MR) is 73.8 cm³/mol. The van der Waals surface area contributed by atoms with Gasteiger partial charge in [0.15, 0.2) is 0 Å². The van der Waals surface area contributed by atoms with Crippen molar-refractivity contribution in [2.24, 2.45) is 0 Å². The summed E-state index contributed by atoms with van der Waals surface area (Å²) in [5.41, 5.74) is 0. The van der Waals surface area contributed by atoms with Gasteiger partial charge in [0.25, 0.3) is 0 Å². The number of nitrogens with one attached hydrogen (secondary N) is 1. The molecule has 1 N–H and O–H groups in total. The van der Waals surface area contributed by atoms with Gasteiger partial charge in [-0.2, -0.15) is 0 Å². The summed E-state index contributed by atoms with van der Waals surface area (Å²) in [4.78, 5) is 0. The first-order chi connectivity index (χ1) is 8.79. The topological polar surface area (TPSA) is 83.6 Å². The molecule has 1 heterocycles. The van der Waals surface area contributed by atoms with Crippen molar-refractivity contribution in [3.05, 3.63) is 0 Å². The van der Waals surface area contributed by atoms with Crippen LogP contribution in [-0.2, 0) is 20.0 Å². The average Bonchev–Trinajstić information content (AvgIpc) is 2.80. The maximum atomic E-state index is 12.3. The summed E-state index contributed by atoms with van der Waals surface area (Å²) in [6, 6.07) is 0.0404. The van der Waals surface area contributed by atoms with Crippen molar-refractivity contribution >= 4 is 20.0 Å². The molecule has 112 valence electrons. The molecule has 2 aliphatic rings. The van der Waals surface area contributed by atoms with Crippen LogP contribution in [0.1, 0.15) is 38.5 Å². The Balaban J connectivity index is 2.03. The molecular weight excluding hydrogens is 288 g/mol. The molecule has 6 nitrogen and oxygen atoms in total. The Morgan fingerprint density at radius 1 is 1.00 bits per heavy atom. The first-order valence-electron chi connectivity index (χ1n) is 6.75. The van der Waals surface area contributed by atoms with E-state index in [4.69, 9.17) is 0 Å². The van der Waals surface area contributed by atoms with Crippen LogP contribution >= 0.6 is 0 Å². The monoisotopic (exact) mass is 310 g/mol. The molecule has 0 amide bonds. The van der Waals surface area contributed by atoms with Gasteiger partial charge in [-0.05, 0) is 25.7 Å². The zero-order valence-corrected chi connectivity index (χ0v) is 12.8. The van der Waals surface area contributed by atoms with E-state index in [9.17, 15) is 16.8 Å². The van der Waals surface area contributed by atoms with Gasteiger partial charge in [0, 0.05) is 19.1 Å². The number of rotatable bonds is 4. The average molecular weight is 310 g/mol. The molecule has 0 bridgehead atoms. The van der Waals surface area contributed by atoms with E-state index in [1.165, 1.54) is 4.31 Å². The quantitative estimate of drug-likeness (QED) is 0.808. The summed E-state index contributed by atoms with van der Waals surface area (Å²) in [6.07, 6.45) is 6.17. The molecule has 1 aliphatic heterocycles. The lowest BCUT2D eigenvalue weighted by Gasteiger charge is -2.31. The highest BCUT2D eigenvalue weighted by Gasteiger charge is 2.35. The Bertz CT molecular complexity index is 509. The molecule has 0 aromatic carbocycles. The summed E-state index contributed by atoms with van der Waals surface area (Å²) in [6.45, 7) is 0.509. The van der Waals surface area contributed by atoms with Crippen molar-refractivity contribution in [1.82, 2.24) is 9.03 Å². The van der Waals surface area contributed by atoms with Crippen LogP contribution in [-0.4, -0.2) is 51.8 Å². The second kappa shape index (κ2) is 5.67. The summed E-state index contributed by atoms with van der Waals surface area (Å²) in [5.74, 6) is 0. The van der Waals surface area contributed by atoms with E-state index in [0.29, 0.717) is 19.4 Å². The van der Waals surface area contributed by atoms with Gasteiger partial charge in [-0.25, -0.2) is 25.9 Å². The number of hydrogen-bond acceptors (Lipinski definition) is 4. The highest BCUT2D eigenvalue weighted by atomic mass is 32.2. The van der Waals surface area contributed by atoms with Gasteiger partial charge in [0.05, 0.1) is 11.5 Å². The molecule has 0 aromatic rings. The third kappa shape index (κ3) is 3.90. The van der Waals surface area contributed by atoms with Crippen molar-refractivity contribution in [1.29, 1.82) is 0 Å². The fourth-order valence-corrected chi connectivity index (χ4v) is 5.58. The van der Waals surface area contributed by atoms with Crippen LogP contribution in [0.2, 0.25) is 0 Å². The number of nitrogens with zero attached hydrogens (tertiary/aromatic N) is 1. The molecular formula is C11H22N2O4S2. The standard InChI is InChI=1S/C11H22N2O4S2/c1-18(14,15)13-8-4-7-11(9-13)19(16,17)12-10-5-2-3-6-10/h10-12H,2-9H2,1H3/t11-/m1/s1. The zero-order valence-electron chi connectivity index (χ0n) is 11.2. The third-order valence-electron chi connectivity index (χ3n) is 3.93. The van der Waals surface area contributed by atoms with E-state index in [1.807, 2.05) is 0 Å². The maximum Gasteiger partial charge on any atom is 0.216 e. The van der Waals surface area contributed by atoms with Crippen LogP contribution in [0.25, 0.3) is 0 Å². The number of hydrogen-bond donors (Lipinski definition) is 1.